The molecule has 0 heterocycles. The minimum absolute atomic E-state index is 0.0214. The van der Waals surface area contributed by atoms with Gasteiger partial charge in [-0.1, -0.05) is 31.9 Å². The molecule has 19 heavy (non-hydrogen) atoms. The number of nitrogens with one attached hydrogen (secondary N) is 1. The molecule has 1 aromatic carbocycles. The maximum atomic E-state index is 12.4. The van der Waals surface area contributed by atoms with E-state index < -0.39 is 5.41 Å². The highest BCUT2D eigenvalue weighted by atomic mass is 16.2. The van der Waals surface area contributed by atoms with Gasteiger partial charge in [0.15, 0.2) is 0 Å². The van der Waals surface area contributed by atoms with Gasteiger partial charge in [0.1, 0.15) is 0 Å². The largest absolute Gasteiger partial charge is 0.327 e. The van der Waals surface area contributed by atoms with Gasteiger partial charge >= 0.3 is 0 Å². The van der Waals surface area contributed by atoms with Crippen LogP contribution in [0.2, 0.25) is 0 Å². The maximum Gasteiger partial charge on any atom is 0.231 e. The molecule has 0 saturated heterocycles. The molecule has 0 spiro atoms. The molecule has 0 aliphatic heterocycles. The predicted molar refractivity (Wildman–Crippen MR) is 79.0 cm³/mol. The van der Waals surface area contributed by atoms with Crippen LogP contribution in [0, 0.1) is 5.41 Å². The van der Waals surface area contributed by atoms with Gasteiger partial charge in [-0.05, 0) is 43.9 Å². The summed E-state index contributed by atoms with van der Waals surface area (Å²) in [5.74, 6) is 0.0562. The van der Waals surface area contributed by atoms with E-state index in [9.17, 15) is 4.79 Å². The van der Waals surface area contributed by atoms with Crippen molar-refractivity contribution < 1.29 is 4.79 Å². The van der Waals surface area contributed by atoms with Crippen molar-refractivity contribution in [2.75, 3.05) is 5.32 Å². The van der Waals surface area contributed by atoms with Crippen LogP contribution in [0.25, 0.3) is 0 Å². The number of aryl methyl sites for hydroxylation is 1. The lowest BCUT2D eigenvalue weighted by Gasteiger charge is -2.27. The lowest BCUT2D eigenvalue weighted by atomic mass is 9.84. The van der Waals surface area contributed by atoms with Crippen molar-refractivity contribution in [1.82, 2.24) is 0 Å². The second kappa shape index (κ2) is 5.74. The Bertz CT molecular complexity index is 441. The highest BCUT2D eigenvalue weighted by Crippen LogP contribution is 2.37. The van der Waals surface area contributed by atoms with E-state index in [1.54, 1.807) is 0 Å². The zero-order chi connectivity index (χ0) is 13.9. The minimum Gasteiger partial charge on any atom is -0.327 e. The lowest BCUT2D eigenvalue weighted by Crippen LogP contribution is -2.44. The zero-order valence-electron chi connectivity index (χ0n) is 11.9. The third-order valence-corrected chi connectivity index (χ3v) is 4.30. The molecule has 104 valence electrons. The molecule has 1 amide bonds. The van der Waals surface area contributed by atoms with Crippen LogP contribution in [0.1, 0.15) is 45.1 Å². The van der Waals surface area contributed by atoms with Crippen LogP contribution in [-0.4, -0.2) is 11.9 Å². The highest BCUT2D eigenvalue weighted by Gasteiger charge is 2.42. The molecule has 1 fully saturated rings. The SMILES string of the molecule is CCCc1ccc(NC(=O)C2(C)CCCC2N)cc1. The summed E-state index contributed by atoms with van der Waals surface area (Å²) in [6.07, 6.45) is 5.09. The van der Waals surface area contributed by atoms with Crippen LogP contribution in [0.5, 0.6) is 0 Å². The van der Waals surface area contributed by atoms with E-state index in [0.29, 0.717) is 0 Å². The number of benzene rings is 1. The van der Waals surface area contributed by atoms with E-state index in [-0.39, 0.29) is 11.9 Å². The number of amides is 1. The number of carbonyl (C=O) groups excluding carboxylic acids is 1. The van der Waals surface area contributed by atoms with E-state index in [0.717, 1.165) is 37.8 Å². The van der Waals surface area contributed by atoms with Gasteiger partial charge in [0.25, 0.3) is 0 Å². The van der Waals surface area contributed by atoms with Crippen molar-refractivity contribution in [3.63, 3.8) is 0 Å². The van der Waals surface area contributed by atoms with E-state index in [4.69, 9.17) is 5.73 Å². The van der Waals surface area contributed by atoms with Crippen molar-refractivity contribution in [2.24, 2.45) is 11.1 Å². The summed E-state index contributed by atoms with van der Waals surface area (Å²) in [6, 6.07) is 8.10. The Balaban J connectivity index is 2.02. The first-order chi connectivity index (χ1) is 9.06. The average molecular weight is 260 g/mol. The third-order valence-electron chi connectivity index (χ3n) is 4.30. The Morgan fingerprint density at radius 2 is 2.11 bits per heavy atom. The normalized spacial score (nSPS) is 26.4. The highest BCUT2D eigenvalue weighted by molar-refractivity contribution is 5.95. The number of carbonyl (C=O) groups is 1. The maximum absolute atomic E-state index is 12.4. The number of anilines is 1. The molecule has 2 rings (SSSR count). The summed E-state index contributed by atoms with van der Waals surface area (Å²) >= 11 is 0. The first-order valence-corrected chi connectivity index (χ1v) is 7.22. The Morgan fingerprint density at radius 3 is 2.63 bits per heavy atom. The van der Waals surface area contributed by atoms with Gasteiger partial charge in [-0.15, -0.1) is 0 Å². The molecule has 1 aromatic rings. The van der Waals surface area contributed by atoms with Crippen molar-refractivity contribution in [1.29, 1.82) is 0 Å². The quantitative estimate of drug-likeness (QED) is 0.874. The van der Waals surface area contributed by atoms with E-state index in [2.05, 4.69) is 24.4 Å². The molecular formula is C16H24N2O. The first-order valence-electron chi connectivity index (χ1n) is 7.22. The van der Waals surface area contributed by atoms with Crippen molar-refractivity contribution in [2.45, 2.75) is 52.0 Å². The second-order valence-electron chi connectivity index (χ2n) is 5.82. The standard InChI is InChI=1S/C16H24N2O/c1-3-5-12-7-9-13(10-8-12)18-15(19)16(2)11-4-6-14(16)17/h7-10,14H,3-6,11,17H2,1-2H3,(H,18,19). The number of nitrogens with two attached hydrogens (primary N) is 1. The summed E-state index contributed by atoms with van der Waals surface area (Å²) in [5.41, 5.74) is 7.83. The molecule has 1 saturated carbocycles. The van der Waals surface area contributed by atoms with Crippen molar-refractivity contribution >= 4 is 11.6 Å². The van der Waals surface area contributed by atoms with Crippen LogP contribution < -0.4 is 11.1 Å². The zero-order valence-corrected chi connectivity index (χ0v) is 11.9. The van der Waals surface area contributed by atoms with Crippen LogP contribution in [0.15, 0.2) is 24.3 Å². The minimum atomic E-state index is -0.415. The molecule has 3 nitrogen and oxygen atoms in total. The summed E-state index contributed by atoms with van der Waals surface area (Å²) in [5, 5.41) is 3.01. The third kappa shape index (κ3) is 2.98. The van der Waals surface area contributed by atoms with Gasteiger partial charge in [0, 0.05) is 11.7 Å². The monoisotopic (exact) mass is 260 g/mol. The molecule has 3 N–H and O–H groups in total. The van der Waals surface area contributed by atoms with Gasteiger partial charge < -0.3 is 11.1 Å². The fourth-order valence-electron chi connectivity index (χ4n) is 2.79. The molecular weight excluding hydrogens is 236 g/mol. The molecule has 3 heteroatoms. The molecule has 0 radical (unpaired) electrons. The van der Waals surface area contributed by atoms with Gasteiger partial charge in [-0.25, -0.2) is 0 Å². The number of rotatable bonds is 4. The fraction of sp³-hybridized carbons (Fsp3) is 0.562. The fourth-order valence-corrected chi connectivity index (χ4v) is 2.79. The predicted octanol–water partition coefficient (Wildman–Crippen LogP) is 3.10. The van der Waals surface area contributed by atoms with Gasteiger partial charge in [0.2, 0.25) is 5.91 Å². The van der Waals surface area contributed by atoms with Crippen LogP contribution in [0.3, 0.4) is 0 Å². The molecule has 0 bridgehead atoms. The molecule has 2 unspecified atom stereocenters. The molecule has 1 aliphatic rings. The van der Waals surface area contributed by atoms with Crippen molar-refractivity contribution in [3.8, 4) is 0 Å². The van der Waals surface area contributed by atoms with E-state index >= 15 is 0 Å². The first kappa shape index (κ1) is 14.1. The van der Waals surface area contributed by atoms with Gasteiger partial charge in [-0.3, -0.25) is 4.79 Å². The van der Waals surface area contributed by atoms with Crippen molar-refractivity contribution in [3.05, 3.63) is 29.8 Å². The number of hydrogen-bond donors (Lipinski definition) is 2. The van der Waals surface area contributed by atoms with Crippen LogP contribution in [-0.2, 0) is 11.2 Å². The topological polar surface area (TPSA) is 55.1 Å². The second-order valence-corrected chi connectivity index (χ2v) is 5.82. The Morgan fingerprint density at radius 1 is 1.42 bits per heavy atom. The summed E-state index contributed by atoms with van der Waals surface area (Å²) in [4.78, 5) is 12.4. The molecule has 2 atom stereocenters. The van der Waals surface area contributed by atoms with Crippen LogP contribution in [0.4, 0.5) is 5.69 Å². The number of hydrogen-bond acceptors (Lipinski definition) is 2. The lowest BCUT2D eigenvalue weighted by molar-refractivity contribution is -0.125. The van der Waals surface area contributed by atoms with E-state index in [1.807, 2.05) is 19.1 Å². The van der Waals surface area contributed by atoms with E-state index in [1.165, 1.54) is 5.56 Å². The molecule has 1 aliphatic carbocycles. The van der Waals surface area contributed by atoms with Gasteiger partial charge in [-0.2, -0.15) is 0 Å². The summed E-state index contributed by atoms with van der Waals surface area (Å²) in [7, 11) is 0. The van der Waals surface area contributed by atoms with Gasteiger partial charge in [0.05, 0.1) is 5.41 Å². The Labute approximate surface area is 115 Å². The summed E-state index contributed by atoms with van der Waals surface area (Å²) < 4.78 is 0. The summed E-state index contributed by atoms with van der Waals surface area (Å²) in [6.45, 7) is 4.14. The smallest absolute Gasteiger partial charge is 0.231 e. The average Bonchev–Trinajstić information content (AvgIpc) is 2.74. The Kier molecular flexibility index (Phi) is 4.25. The molecule has 0 aromatic heterocycles. The van der Waals surface area contributed by atoms with Crippen LogP contribution >= 0.6 is 0 Å². The Hall–Kier alpha value is -1.35.